The molecule has 0 spiro atoms. The van der Waals surface area contributed by atoms with Crippen molar-refractivity contribution in [3.63, 3.8) is 0 Å². The Bertz CT molecular complexity index is 373. The molecule has 0 unspecified atom stereocenters. The van der Waals surface area contributed by atoms with Gasteiger partial charge in [-0.3, -0.25) is 10.1 Å². The van der Waals surface area contributed by atoms with E-state index in [2.05, 4.69) is 5.16 Å². The third-order valence-electron chi connectivity index (χ3n) is 1.91. The zero-order valence-electron chi connectivity index (χ0n) is 6.78. The van der Waals surface area contributed by atoms with E-state index >= 15 is 0 Å². The minimum Gasteiger partial charge on any atom is -0.360 e. The van der Waals surface area contributed by atoms with Gasteiger partial charge in [-0.2, -0.15) is 5.26 Å². The molecule has 1 aliphatic carbocycles. The molecule has 1 aliphatic rings. The number of amides is 1. The van der Waals surface area contributed by atoms with Crippen molar-refractivity contribution in [3.05, 3.63) is 17.5 Å². The van der Waals surface area contributed by atoms with Crippen LogP contribution in [0.2, 0.25) is 0 Å². The molecule has 1 saturated carbocycles. The van der Waals surface area contributed by atoms with E-state index in [1.807, 2.05) is 5.32 Å². The van der Waals surface area contributed by atoms with E-state index < -0.39 is 5.91 Å². The number of carbonyl (C=O) groups is 1. The maximum absolute atomic E-state index is 11.0. The molecule has 1 heterocycles. The molecule has 13 heavy (non-hydrogen) atoms. The summed E-state index contributed by atoms with van der Waals surface area (Å²) in [6, 6.07) is 1.59. The third-order valence-corrected chi connectivity index (χ3v) is 1.91. The van der Waals surface area contributed by atoms with Gasteiger partial charge in [0.2, 0.25) is 0 Å². The minimum absolute atomic E-state index is 0.170. The lowest BCUT2D eigenvalue weighted by Gasteiger charge is -1.86. The van der Waals surface area contributed by atoms with Crippen LogP contribution in [-0.2, 0) is 0 Å². The smallest absolute Gasteiger partial charge is 0.286 e. The van der Waals surface area contributed by atoms with E-state index in [1.54, 1.807) is 6.07 Å². The predicted molar refractivity (Wildman–Crippen MR) is 41.6 cm³/mol. The highest BCUT2D eigenvalue weighted by molar-refractivity contribution is 5.93. The lowest BCUT2D eigenvalue weighted by molar-refractivity contribution is 0.0964. The second-order valence-corrected chi connectivity index (χ2v) is 2.95. The minimum atomic E-state index is -0.516. The first kappa shape index (κ1) is 7.80. The van der Waals surface area contributed by atoms with E-state index in [1.165, 1.54) is 6.19 Å². The van der Waals surface area contributed by atoms with E-state index in [0.29, 0.717) is 5.92 Å². The van der Waals surface area contributed by atoms with Crippen LogP contribution in [0.5, 0.6) is 0 Å². The van der Waals surface area contributed by atoms with Crippen molar-refractivity contribution >= 4 is 5.91 Å². The summed E-state index contributed by atoms with van der Waals surface area (Å²) in [5.74, 6) is 0.650. The van der Waals surface area contributed by atoms with Crippen molar-refractivity contribution in [1.82, 2.24) is 10.5 Å². The van der Waals surface area contributed by atoms with Crippen molar-refractivity contribution in [1.29, 1.82) is 5.26 Å². The second-order valence-electron chi connectivity index (χ2n) is 2.95. The Morgan fingerprint density at radius 1 is 1.77 bits per heavy atom. The van der Waals surface area contributed by atoms with Crippen molar-refractivity contribution < 1.29 is 9.32 Å². The van der Waals surface area contributed by atoms with Gasteiger partial charge in [-0.05, 0) is 12.8 Å². The van der Waals surface area contributed by atoms with Crippen LogP contribution in [0.1, 0.15) is 35.0 Å². The lowest BCUT2D eigenvalue weighted by atomic mass is 10.3. The monoisotopic (exact) mass is 177 g/mol. The van der Waals surface area contributed by atoms with Gasteiger partial charge >= 0.3 is 0 Å². The summed E-state index contributed by atoms with van der Waals surface area (Å²) in [5.41, 5.74) is 0.170. The van der Waals surface area contributed by atoms with E-state index in [-0.39, 0.29) is 5.69 Å². The molecule has 0 aliphatic heterocycles. The third kappa shape index (κ3) is 1.51. The van der Waals surface area contributed by atoms with Crippen LogP contribution in [0.25, 0.3) is 0 Å². The number of nitrogens with one attached hydrogen (secondary N) is 1. The van der Waals surface area contributed by atoms with Crippen LogP contribution in [-0.4, -0.2) is 11.1 Å². The Morgan fingerprint density at radius 3 is 3.15 bits per heavy atom. The summed E-state index contributed by atoms with van der Waals surface area (Å²) >= 11 is 0. The molecule has 66 valence electrons. The summed E-state index contributed by atoms with van der Waals surface area (Å²) in [6.45, 7) is 0. The van der Waals surface area contributed by atoms with Gasteiger partial charge in [0.1, 0.15) is 5.76 Å². The van der Waals surface area contributed by atoms with Crippen LogP contribution in [0.3, 0.4) is 0 Å². The van der Waals surface area contributed by atoms with Gasteiger partial charge in [0.15, 0.2) is 11.9 Å². The molecule has 2 rings (SSSR count). The molecule has 0 radical (unpaired) electrons. The van der Waals surface area contributed by atoms with E-state index in [9.17, 15) is 4.79 Å². The molecule has 1 N–H and O–H groups in total. The van der Waals surface area contributed by atoms with Gasteiger partial charge in [-0.15, -0.1) is 0 Å². The summed E-state index contributed by atoms with van der Waals surface area (Å²) in [6.07, 6.45) is 3.72. The van der Waals surface area contributed by atoms with Crippen LogP contribution in [0, 0.1) is 11.5 Å². The Balaban J connectivity index is 2.13. The zero-order valence-corrected chi connectivity index (χ0v) is 6.78. The van der Waals surface area contributed by atoms with Gasteiger partial charge in [-0.1, -0.05) is 5.16 Å². The van der Waals surface area contributed by atoms with Gasteiger partial charge < -0.3 is 4.52 Å². The first-order valence-electron chi connectivity index (χ1n) is 3.97. The van der Waals surface area contributed by atoms with E-state index in [0.717, 1.165) is 18.6 Å². The molecule has 1 aromatic rings. The highest BCUT2D eigenvalue weighted by Gasteiger charge is 2.28. The fraction of sp³-hybridized carbons (Fsp3) is 0.375. The van der Waals surface area contributed by atoms with Gasteiger partial charge in [-0.25, -0.2) is 0 Å². The van der Waals surface area contributed by atoms with Crippen molar-refractivity contribution in [2.75, 3.05) is 0 Å². The standard InChI is InChI=1S/C8H7N3O2/c9-4-10-8(12)6-3-7(13-11-6)5-1-2-5/h3,5H,1-2H2,(H,10,12). The van der Waals surface area contributed by atoms with Crippen molar-refractivity contribution in [2.24, 2.45) is 0 Å². The maximum Gasteiger partial charge on any atom is 0.286 e. The SMILES string of the molecule is N#CNC(=O)c1cc(C2CC2)on1. The molecule has 0 aromatic carbocycles. The van der Waals surface area contributed by atoms with E-state index in [4.69, 9.17) is 9.78 Å². The highest BCUT2D eigenvalue weighted by atomic mass is 16.5. The summed E-state index contributed by atoms with van der Waals surface area (Å²) in [4.78, 5) is 11.0. The lowest BCUT2D eigenvalue weighted by Crippen LogP contribution is -2.17. The normalized spacial score (nSPS) is 15.0. The van der Waals surface area contributed by atoms with Crippen molar-refractivity contribution in [3.8, 4) is 6.19 Å². The predicted octanol–water partition coefficient (Wildman–Crippen LogP) is 0.763. The van der Waals surface area contributed by atoms with Crippen molar-refractivity contribution in [2.45, 2.75) is 18.8 Å². The second kappa shape index (κ2) is 2.90. The fourth-order valence-electron chi connectivity index (χ4n) is 1.07. The number of nitriles is 1. The summed E-state index contributed by atoms with van der Waals surface area (Å²) < 4.78 is 4.94. The first-order valence-corrected chi connectivity index (χ1v) is 3.97. The first-order chi connectivity index (χ1) is 6.31. The topological polar surface area (TPSA) is 78.9 Å². The molecule has 0 bridgehead atoms. The molecule has 1 amide bonds. The molecule has 0 saturated heterocycles. The Morgan fingerprint density at radius 2 is 2.54 bits per heavy atom. The summed E-state index contributed by atoms with van der Waals surface area (Å²) in [7, 11) is 0. The molecule has 5 heteroatoms. The average molecular weight is 177 g/mol. The molecule has 5 nitrogen and oxygen atoms in total. The zero-order chi connectivity index (χ0) is 9.26. The number of hydrogen-bond donors (Lipinski definition) is 1. The maximum atomic E-state index is 11.0. The van der Waals surface area contributed by atoms with Crippen LogP contribution < -0.4 is 5.32 Å². The molecule has 0 atom stereocenters. The molecular weight excluding hydrogens is 170 g/mol. The van der Waals surface area contributed by atoms with Crippen LogP contribution in [0.4, 0.5) is 0 Å². The van der Waals surface area contributed by atoms with Crippen LogP contribution >= 0.6 is 0 Å². The quantitative estimate of drug-likeness (QED) is 0.534. The number of carbonyl (C=O) groups excluding carboxylic acids is 1. The van der Waals surface area contributed by atoms with Gasteiger partial charge in [0.05, 0.1) is 0 Å². The molecule has 1 fully saturated rings. The number of nitrogens with zero attached hydrogens (tertiary/aromatic N) is 2. The molecule has 1 aromatic heterocycles. The number of rotatable bonds is 2. The largest absolute Gasteiger partial charge is 0.360 e. The summed E-state index contributed by atoms with van der Waals surface area (Å²) in [5, 5.41) is 13.7. The fourth-order valence-corrected chi connectivity index (χ4v) is 1.07. The Kier molecular flexibility index (Phi) is 1.74. The highest BCUT2D eigenvalue weighted by Crippen LogP contribution is 2.40. The van der Waals surface area contributed by atoms with Crippen LogP contribution in [0.15, 0.2) is 10.6 Å². The average Bonchev–Trinajstić information content (AvgIpc) is 2.84. The Hall–Kier alpha value is -1.83. The van der Waals surface area contributed by atoms with Gasteiger partial charge in [0, 0.05) is 12.0 Å². The number of hydrogen-bond acceptors (Lipinski definition) is 4. The molecular formula is C8H7N3O2. The van der Waals surface area contributed by atoms with Gasteiger partial charge in [0.25, 0.3) is 5.91 Å². The number of aromatic nitrogens is 1. The Labute approximate surface area is 74.3 Å².